The fraction of sp³-hybridized carbons (Fsp3) is 0.917. The number of hydrogen-bond acceptors (Lipinski definition) is 2. The molecule has 0 aromatic rings. The van der Waals surface area contributed by atoms with Crippen LogP contribution in [0, 0.1) is 11.8 Å². The van der Waals surface area contributed by atoms with E-state index in [1.54, 1.807) is 0 Å². The van der Waals surface area contributed by atoms with E-state index >= 15 is 0 Å². The van der Waals surface area contributed by atoms with Crippen molar-refractivity contribution in [2.45, 2.75) is 45.6 Å². The molecule has 15 heavy (non-hydrogen) atoms. The smallest absolute Gasteiger partial charge is 0.239 e. The van der Waals surface area contributed by atoms with Crippen molar-refractivity contribution in [3.63, 3.8) is 0 Å². The van der Waals surface area contributed by atoms with Crippen molar-refractivity contribution in [1.29, 1.82) is 0 Å². The van der Waals surface area contributed by atoms with Crippen LogP contribution in [0.2, 0.25) is 0 Å². The van der Waals surface area contributed by atoms with Gasteiger partial charge in [0.05, 0.1) is 5.54 Å². The fourth-order valence-corrected chi connectivity index (χ4v) is 2.08. The molecule has 1 saturated carbocycles. The predicted octanol–water partition coefficient (Wildman–Crippen LogP) is 1.54. The molecule has 1 amide bonds. The van der Waals surface area contributed by atoms with Gasteiger partial charge in [0, 0.05) is 6.54 Å². The average Bonchev–Trinajstić information content (AvgIpc) is 2.60. The van der Waals surface area contributed by atoms with Gasteiger partial charge in [-0.05, 0) is 39.2 Å². The third kappa shape index (κ3) is 3.20. The molecule has 0 aromatic carbocycles. The van der Waals surface area contributed by atoms with Gasteiger partial charge in [-0.15, -0.1) is 0 Å². The summed E-state index contributed by atoms with van der Waals surface area (Å²) < 4.78 is 0. The number of carbonyl (C=O) groups is 1. The van der Waals surface area contributed by atoms with Crippen molar-refractivity contribution in [1.82, 2.24) is 10.6 Å². The normalized spacial score (nSPS) is 26.7. The highest BCUT2D eigenvalue weighted by atomic mass is 16.2. The highest BCUT2D eigenvalue weighted by Crippen LogP contribution is 2.30. The van der Waals surface area contributed by atoms with Crippen molar-refractivity contribution < 1.29 is 4.79 Å². The predicted molar refractivity (Wildman–Crippen MR) is 62.7 cm³/mol. The Kier molecular flexibility index (Phi) is 4.14. The van der Waals surface area contributed by atoms with Crippen molar-refractivity contribution in [3.05, 3.63) is 0 Å². The standard InChI is InChI=1S/C12H24N2O/c1-9-6-5-7-10(9)8-14-11(15)12(2,3)13-4/h9-10,13H,5-8H2,1-4H3,(H,14,15). The minimum absolute atomic E-state index is 0.101. The lowest BCUT2D eigenvalue weighted by molar-refractivity contribution is -0.126. The Morgan fingerprint density at radius 2 is 2.07 bits per heavy atom. The first-order valence-corrected chi connectivity index (χ1v) is 5.94. The SMILES string of the molecule is CNC(C)(C)C(=O)NCC1CCCC1C. The van der Waals surface area contributed by atoms with Crippen LogP contribution in [0.4, 0.5) is 0 Å². The van der Waals surface area contributed by atoms with Crippen LogP contribution < -0.4 is 10.6 Å². The molecule has 3 nitrogen and oxygen atoms in total. The molecule has 0 bridgehead atoms. The van der Waals surface area contributed by atoms with Gasteiger partial charge in [0.2, 0.25) is 5.91 Å². The topological polar surface area (TPSA) is 41.1 Å². The lowest BCUT2D eigenvalue weighted by Crippen LogP contribution is -2.52. The molecule has 1 aliphatic carbocycles. The second kappa shape index (κ2) is 4.97. The lowest BCUT2D eigenvalue weighted by Gasteiger charge is -2.24. The molecule has 2 atom stereocenters. The Balaban J connectivity index is 2.34. The van der Waals surface area contributed by atoms with E-state index in [1.165, 1.54) is 19.3 Å². The number of nitrogens with one attached hydrogen (secondary N) is 2. The van der Waals surface area contributed by atoms with Crippen LogP contribution >= 0.6 is 0 Å². The van der Waals surface area contributed by atoms with Gasteiger partial charge < -0.3 is 10.6 Å². The van der Waals surface area contributed by atoms with Crippen LogP contribution in [0.15, 0.2) is 0 Å². The van der Waals surface area contributed by atoms with Crippen LogP contribution in [0.3, 0.4) is 0 Å². The molecule has 0 aliphatic heterocycles. The summed E-state index contributed by atoms with van der Waals surface area (Å²) in [6.07, 6.45) is 3.90. The highest BCUT2D eigenvalue weighted by molar-refractivity contribution is 5.85. The minimum atomic E-state index is -0.457. The molecule has 1 aliphatic rings. The van der Waals surface area contributed by atoms with Crippen LogP contribution in [-0.4, -0.2) is 25.0 Å². The summed E-state index contributed by atoms with van der Waals surface area (Å²) in [5.74, 6) is 1.55. The van der Waals surface area contributed by atoms with Gasteiger partial charge in [0.25, 0.3) is 0 Å². The molecule has 3 heteroatoms. The molecule has 0 heterocycles. The Morgan fingerprint density at radius 1 is 1.40 bits per heavy atom. The minimum Gasteiger partial charge on any atom is -0.354 e. The maximum atomic E-state index is 11.8. The van der Waals surface area contributed by atoms with Gasteiger partial charge in [-0.3, -0.25) is 4.79 Å². The Labute approximate surface area is 93.0 Å². The van der Waals surface area contributed by atoms with E-state index < -0.39 is 5.54 Å². The summed E-state index contributed by atoms with van der Waals surface area (Å²) in [5, 5.41) is 6.06. The molecule has 2 unspecified atom stereocenters. The largest absolute Gasteiger partial charge is 0.354 e. The van der Waals surface area contributed by atoms with E-state index in [0.29, 0.717) is 5.92 Å². The molecule has 0 radical (unpaired) electrons. The first-order chi connectivity index (χ1) is 6.97. The molecule has 0 spiro atoms. The van der Waals surface area contributed by atoms with Gasteiger partial charge in [0.15, 0.2) is 0 Å². The van der Waals surface area contributed by atoms with E-state index in [2.05, 4.69) is 17.6 Å². The maximum absolute atomic E-state index is 11.8. The summed E-state index contributed by atoms with van der Waals surface area (Å²) in [6.45, 7) is 6.93. The lowest BCUT2D eigenvalue weighted by atomic mass is 9.97. The summed E-state index contributed by atoms with van der Waals surface area (Å²) in [4.78, 5) is 11.8. The summed E-state index contributed by atoms with van der Waals surface area (Å²) in [7, 11) is 1.82. The third-order valence-corrected chi connectivity index (χ3v) is 3.76. The number of amides is 1. The van der Waals surface area contributed by atoms with Crippen molar-refractivity contribution >= 4 is 5.91 Å². The van der Waals surface area contributed by atoms with Gasteiger partial charge in [0.1, 0.15) is 0 Å². The second-order valence-electron chi connectivity index (χ2n) is 5.25. The molecule has 0 saturated heterocycles. The average molecular weight is 212 g/mol. The van der Waals surface area contributed by atoms with Gasteiger partial charge >= 0.3 is 0 Å². The van der Waals surface area contributed by atoms with E-state index in [1.807, 2.05) is 20.9 Å². The number of rotatable bonds is 4. The number of hydrogen-bond donors (Lipinski definition) is 2. The quantitative estimate of drug-likeness (QED) is 0.742. The zero-order valence-electron chi connectivity index (χ0n) is 10.4. The highest BCUT2D eigenvalue weighted by Gasteiger charge is 2.28. The number of likely N-dealkylation sites (N-methyl/N-ethyl adjacent to an activating group) is 1. The summed E-state index contributed by atoms with van der Waals surface area (Å²) >= 11 is 0. The van der Waals surface area contributed by atoms with Crippen LogP contribution in [0.1, 0.15) is 40.0 Å². The van der Waals surface area contributed by atoms with Crippen LogP contribution in [0.25, 0.3) is 0 Å². The Hall–Kier alpha value is -0.570. The van der Waals surface area contributed by atoms with Gasteiger partial charge in [-0.2, -0.15) is 0 Å². The second-order valence-corrected chi connectivity index (χ2v) is 5.25. The number of carbonyl (C=O) groups excluding carboxylic acids is 1. The molecule has 88 valence electrons. The molecular weight excluding hydrogens is 188 g/mol. The van der Waals surface area contributed by atoms with Crippen LogP contribution in [0.5, 0.6) is 0 Å². The van der Waals surface area contributed by atoms with Gasteiger partial charge in [-0.1, -0.05) is 19.8 Å². The molecule has 1 fully saturated rings. The molecular formula is C12H24N2O. The zero-order chi connectivity index (χ0) is 11.5. The van der Waals surface area contributed by atoms with Gasteiger partial charge in [-0.25, -0.2) is 0 Å². The van der Waals surface area contributed by atoms with Crippen molar-refractivity contribution in [2.24, 2.45) is 11.8 Å². The third-order valence-electron chi connectivity index (χ3n) is 3.76. The van der Waals surface area contributed by atoms with Crippen molar-refractivity contribution in [3.8, 4) is 0 Å². The van der Waals surface area contributed by atoms with E-state index in [0.717, 1.165) is 12.5 Å². The van der Waals surface area contributed by atoms with Crippen molar-refractivity contribution in [2.75, 3.05) is 13.6 Å². The van der Waals surface area contributed by atoms with E-state index in [9.17, 15) is 4.79 Å². The Morgan fingerprint density at radius 3 is 2.53 bits per heavy atom. The van der Waals surface area contributed by atoms with E-state index in [4.69, 9.17) is 0 Å². The first-order valence-electron chi connectivity index (χ1n) is 5.94. The molecule has 0 aromatic heterocycles. The van der Waals surface area contributed by atoms with Crippen LogP contribution in [-0.2, 0) is 4.79 Å². The summed E-state index contributed by atoms with van der Waals surface area (Å²) in [5.41, 5.74) is -0.457. The monoisotopic (exact) mass is 212 g/mol. The van der Waals surface area contributed by atoms with E-state index in [-0.39, 0.29) is 5.91 Å². The Bertz CT molecular complexity index is 226. The first kappa shape index (κ1) is 12.5. The summed E-state index contributed by atoms with van der Waals surface area (Å²) in [6, 6.07) is 0. The maximum Gasteiger partial charge on any atom is 0.239 e. The molecule has 2 N–H and O–H groups in total. The fourth-order valence-electron chi connectivity index (χ4n) is 2.08. The zero-order valence-corrected chi connectivity index (χ0v) is 10.4. The molecule has 1 rings (SSSR count).